The molecular formula is C39H48N6O. The standard InChI is InChI=1S/C39H48N6O/c1-29-16-18-32(19-17-29)35(21-26-43-23-7-8-24-43)36-15-9-11-33(42-36)12-10-25-44(34-13-5-4-6-14-34)39(46)27-30(2)45-31(3)41-37-28-40-22-20-38(37)45/h9-12,15-22,28,30,34H,4-8,13-14,23-27H2,1-3H3/b12-10+,35-21+. The average Bonchev–Trinajstić information content (AvgIpc) is 3.71. The van der Waals surface area contributed by atoms with Crippen molar-refractivity contribution in [1.82, 2.24) is 29.3 Å². The number of aromatic nitrogens is 4. The van der Waals surface area contributed by atoms with Gasteiger partial charge in [-0.1, -0.05) is 67.3 Å². The minimum Gasteiger partial charge on any atom is -0.336 e. The number of nitrogens with zero attached hydrogens (tertiary/aromatic N) is 6. The number of imidazole rings is 1. The van der Waals surface area contributed by atoms with Crippen molar-refractivity contribution in [2.45, 2.75) is 84.2 Å². The molecule has 2 aliphatic rings. The first-order valence-corrected chi connectivity index (χ1v) is 17.2. The summed E-state index contributed by atoms with van der Waals surface area (Å²) in [5, 5.41) is 0. The van der Waals surface area contributed by atoms with Gasteiger partial charge in [-0.15, -0.1) is 0 Å². The Kier molecular flexibility index (Phi) is 10.4. The second kappa shape index (κ2) is 15.0. The van der Waals surface area contributed by atoms with Gasteiger partial charge in [-0.25, -0.2) is 9.97 Å². The topological polar surface area (TPSA) is 67.2 Å². The average molecular weight is 617 g/mol. The van der Waals surface area contributed by atoms with Crippen LogP contribution in [0.1, 0.15) is 92.7 Å². The number of hydrogen-bond donors (Lipinski definition) is 0. The number of likely N-dealkylation sites (tertiary alicyclic amines) is 1. The van der Waals surface area contributed by atoms with Crippen LogP contribution in [0.3, 0.4) is 0 Å². The summed E-state index contributed by atoms with van der Waals surface area (Å²) in [7, 11) is 0. The van der Waals surface area contributed by atoms with Crippen molar-refractivity contribution >= 4 is 28.6 Å². The molecule has 1 amide bonds. The number of benzene rings is 1. The summed E-state index contributed by atoms with van der Waals surface area (Å²) in [6.45, 7) is 10.1. The summed E-state index contributed by atoms with van der Waals surface area (Å²) in [6.07, 6.45) is 18.9. The largest absolute Gasteiger partial charge is 0.336 e. The van der Waals surface area contributed by atoms with Crippen molar-refractivity contribution in [2.75, 3.05) is 26.2 Å². The normalized spacial score (nSPS) is 17.2. The van der Waals surface area contributed by atoms with Crippen LogP contribution in [0.15, 0.2) is 73.1 Å². The summed E-state index contributed by atoms with van der Waals surface area (Å²) in [5.41, 5.74) is 7.42. The maximum atomic E-state index is 14.0. The number of rotatable bonds is 11. The van der Waals surface area contributed by atoms with Crippen LogP contribution in [0.4, 0.5) is 0 Å². The van der Waals surface area contributed by atoms with Gasteiger partial charge in [0.2, 0.25) is 5.91 Å². The van der Waals surface area contributed by atoms with Gasteiger partial charge in [-0.05, 0) is 89.4 Å². The van der Waals surface area contributed by atoms with E-state index in [1.54, 1.807) is 12.4 Å². The molecule has 0 N–H and O–H groups in total. The molecule has 1 aliphatic carbocycles. The SMILES string of the molecule is Cc1ccc(/C(=C\CN2CCCC2)c2cccc(/C=C/CN(C(=O)CC(C)n3c(C)nc4cnccc43)C3CCCCC3)n2)cc1. The highest BCUT2D eigenvalue weighted by Crippen LogP contribution is 2.28. The number of pyridine rings is 2. The molecular weight excluding hydrogens is 568 g/mol. The molecule has 7 heteroatoms. The van der Waals surface area contributed by atoms with E-state index in [9.17, 15) is 4.79 Å². The molecule has 1 aromatic carbocycles. The molecule has 1 saturated carbocycles. The summed E-state index contributed by atoms with van der Waals surface area (Å²) in [5.74, 6) is 1.12. The molecule has 1 unspecified atom stereocenters. The van der Waals surface area contributed by atoms with E-state index in [4.69, 9.17) is 4.98 Å². The van der Waals surface area contributed by atoms with Crippen LogP contribution >= 0.6 is 0 Å². The lowest BCUT2D eigenvalue weighted by Crippen LogP contribution is -2.42. The molecule has 6 rings (SSSR count). The van der Waals surface area contributed by atoms with Crippen LogP contribution in [-0.4, -0.2) is 67.4 Å². The van der Waals surface area contributed by atoms with Crippen molar-refractivity contribution in [1.29, 1.82) is 0 Å². The van der Waals surface area contributed by atoms with Gasteiger partial charge < -0.3 is 9.47 Å². The van der Waals surface area contributed by atoms with Gasteiger partial charge in [0.25, 0.3) is 0 Å². The van der Waals surface area contributed by atoms with Crippen molar-refractivity contribution in [2.24, 2.45) is 0 Å². The van der Waals surface area contributed by atoms with Gasteiger partial charge in [0.05, 0.1) is 23.1 Å². The van der Waals surface area contributed by atoms with Crippen molar-refractivity contribution in [3.63, 3.8) is 0 Å². The molecule has 0 bridgehead atoms. The third-order valence-corrected chi connectivity index (χ3v) is 9.67. The van der Waals surface area contributed by atoms with E-state index in [0.717, 1.165) is 47.6 Å². The predicted molar refractivity (Wildman–Crippen MR) is 187 cm³/mol. The molecule has 2 fully saturated rings. The first-order valence-electron chi connectivity index (χ1n) is 17.2. The molecule has 3 aromatic heterocycles. The lowest BCUT2D eigenvalue weighted by atomic mass is 9.93. The highest BCUT2D eigenvalue weighted by molar-refractivity contribution is 5.80. The molecule has 0 radical (unpaired) electrons. The first-order chi connectivity index (χ1) is 22.5. The molecule has 4 heterocycles. The Hall–Kier alpha value is -4.10. The number of hydrogen-bond acceptors (Lipinski definition) is 5. The summed E-state index contributed by atoms with van der Waals surface area (Å²) in [6, 6.07) is 17.3. The Bertz CT molecular complexity index is 1670. The lowest BCUT2D eigenvalue weighted by Gasteiger charge is -2.34. The molecule has 4 aromatic rings. The fourth-order valence-electron chi connectivity index (χ4n) is 7.21. The Balaban J connectivity index is 1.20. The third-order valence-electron chi connectivity index (χ3n) is 9.67. The number of amides is 1. The zero-order valence-electron chi connectivity index (χ0n) is 27.7. The van der Waals surface area contributed by atoms with E-state index in [1.807, 2.05) is 13.0 Å². The monoisotopic (exact) mass is 616 g/mol. The zero-order valence-corrected chi connectivity index (χ0v) is 27.7. The molecule has 1 atom stereocenters. The second-order valence-electron chi connectivity index (χ2n) is 13.1. The Morgan fingerprint density at radius 2 is 1.76 bits per heavy atom. The third kappa shape index (κ3) is 7.64. The molecule has 7 nitrogen and oxygen atoms in total. The maximum absolute atomic E-state index is 14.0. The second-order valence-corrected chi connectivity index (χ2v) is 13.1. The molecule has 1 aliphatic heterocycles. The van der Waals surface area contributed by atoms with Crippen molar-refractivity contribution in [3.8, 4) is 0 Å². The van der Waals surface area contributed by atoms with Crippen LogP contribution in [0, 0.1) is 13.8 Å². The molecule has 240 valence electrons. The van der Waals surface area contributed by atoms with Gasteiger partial charge >= 0.3 is 0 Å². The van der Waals surface area contributed by atoms with Gasteiger partial charge in [0.1, 0.15) is 11.3 Å². The van der Waals surface area contributed by atoms with E-state index < -0.39 is 0 Å². The van der Waals surface area contributed by atoms with Crippen LogP contribution in [-0.2, 0) is 4.79 Å². The lowest BCUT2D eigenvalue weighted by molar-refractivity contribution is -0.134. The fraction of sp³-hybridized carbons (Fsp3) is 0.436. The Labute approximate surface area is 274 Å². The van der Waals surface area contributed by atoms with E-state index in [1.165, 1.54) is 61.9 Å². The van der Waals surface area contributed by atoms with E-state index in [2.05, 4.69) is 98.9 Å². The van der Waals surface area contributed by atoms with E-state index in [-0.39, 0.29) is 18.0 Å². The van der Waals surface area contributed by atoms with Crippen LogP contribution in [0.25, 0.3) is 22.7 Å². The number of fused-ring (bicyclic) bond motifs is 1. The number of aryl methyl sites for hydroxylation is 2. The highest BCUT2D eigenvalue weighted by Gasteiger charge is 2.27. The van der Waals surface area contributed by atoms with E-state index >= 15 is 0 Å². The smallest absolute Gasteiger partial charge is 0.225 e. The van der Waals surface area contributed by atoms with Gasteiger partial charge in [0, 0.05) is 43.4 Å². The predicted octanol–water partition coefficient (Wildman–Crippen LogP) is 7.80. The highest BCUT2D eigenvalue weighted by atomic mass is 16.2. The maximum Gasteiger partial charge on any atom is 0.225 e. The minimum atomic E-state index is 0.000796. The fourth-order valence-corrected chi connectivity index (χ4v) is 7.21. The minimum absolute atomic E-state index is 0.000796. The quantitative estimate of drug-likeness (QED) is 0.172. The molecule has 1 saturated heterocycles. The zero-order chi connectivity index (χ0) is 31.9. The van der Waals surface area contributed by atoms with Gasteiger partial charge in [0.15, 0.2) is 0 Å². The van der Waals surface area contributed by atoms with Crippen LogP contribution in [0.2, 0.25) is 0 Å². The Morgan fingerprint density at radius 3 is 2.54 bits per heavy atom. The molecule has 0 spiro atoms. The summed E-state index contributed by atoms with van der Waals surface area (Å²) >= 11 is 0. The summed E-state index contributed by atoms with van der Waals surface area (Å²) < 4.78 is 2.18. The van der Waals surface area contributed by atoms with Gasteiger partial charge in [-0.2, -0.15) is 0 Å². The first kappa shape index (κ1) is 31.9. The number of carbonyl (C=O) groups excluding carboxylic acids is 1. The number of carbonyl (C=O) groups is 1. The summed E-state index contributed by atoms with van der Waals surface area (Å²) in [4.78, 5) is 32.6. The van der Waals surface area contributed by atoms with Crippen molar-refractivity contribution in [3.05, 3.63) is 101 Å². The van der Waals surface area contributed by atoms with Crippen molar-refractivity contribution < 1.29 is 4.79 Å². The van der Waals surface area contributed by atoms with Crippen LogP contribution in [0.5, 0.6) is 0 Å². The van der Waals surface area contributed by atoms with Gasteiger partial charge in [-0.3, -0.25) is 14.7 Å². The van der Waals surface area contributed by atoms with Crippen LogP contribution < -0.4 is 0 Å². The molecule has 46 heavy (non-hydrogen) atoms. The van der Waals surface area contributed by atoms with E-state index in [0.29, 0.717) is 13.0 Å². The Morgan fingerprint density at radius 1 is 0.978 bits per heavy atom.